The fourth-order valence-corrected chi connectivity index (χ4v) is 2.06. The third-order valence-electron chi connectivity index (χ3n) is 3.02. The van der Waals surface area contributed by atoms with Crippen molar-refractivity contribution in [2.45, 2.75) is 12.6 Å². The Balaban J connectivity index is 2.15. The van der Waals surface area contributed by atoms with Gasteiger partial charge >= 0.3 is 5.97 Å². The SMILES string of the molecule is O=C(O)C1CNCCN1Cc1cc(F)ccc1F. The maximum absolute atomic E-state index is 13.5. The minimum Gasteiger partial charge on any atom is -0.480 e. The molecule has 1 aliphatic rings. The quantitative estimate of drug-likeness (QED) is 0.841. The van der Waals surface area contributed by atoms with E-state index in [4.69, 9.17) is 5.11 Å². The van der Waals surface area contributed by atoms with Crippen LogP contribution in [0.3, 0.4) is 0 Å². The highest BCUT2D eigenvalue weighted by atomic mass is 19.1. The van der Waals surface area contributed by atoms with Crippen LogP contribution >= 0.6 is 0 Å². The van der Waals surface area contributed by atoms with Gasteiger partial charge in [0.15, 0.2) is 0 Å². The Kier molecular flexibility index (Phi) is 3.88. The summed E-state index contributed by atoms with van der Waals surface area (Å²) in [6, 6.07) is 2.51. The van der Waals surface area contributed by atoms with Crippen LogP contribution in [0.25, 0.3) is 0 Å². The van der Waals surface area contributed by atoms with E-state index in [1.807, 2.05) is 0 Å². The van der Waals surface area contributed by atoms with Gasteiger partial charge in [0, 0.05) is 31.7 Å². The molecule has 1 heterocycles. The van der Waals surface area contributed by atoms with Crippen LogP contribution in [0, 0.1) is 11.6 Å². The van der Waals surface area contributed by atoms with Gasteiger partial charge in [0.2, 0.25) is 0 Å². The Morgan fingerprint density at radius 2 is 2.28 bits per heavy atom. The van der Waals surface area contributed by atoms with E-state index < -0.39 is 23.6 Å². The normalized spacial score (nSPS) is 20.9. The first-order chi connectivity index (χ1) is 8.58. The summed E-state index contributed by atoms with van der Waals surface area (Å²) in [5.74, 6) is -1.99. The van der Waals surface area contributed by atoms with Crippen LogP contribution in [0.5, 0.6) is 0 Å². The zero-order valence-electron chi connectivity index (χ0n) is 9.70. The van der Waals surface area contributed by atoms with E-state index >= 15 is 0 Å². The lowest BCUT2D eigenvalue weighted by Gasteiger charge is -2.33. The molecule has 2 rings (SSSR count). The molecular formula is C12H14F2N2O2. The van der Waals surface area contributed by atoms with Crippen molar-refractivity contribution < 1.29 is 18.7 Å². The molecule has 18 heavy (non-hydrogen) atoms. The van der Waals surface area contributed by atoms with E-state index in [0.717, 1.165) is 18.2 Å². The molecule has 6 heteroatoms. The second-order valence-corrected chi connectivity index (χ2v) is 4.26. The smallest absolute Gasteiger partial charge is 0.322 e. The molecule has 0 aliphatic carbocycles. The molecule has 0 spiro atoms. The van der Waals surface area contributed by atoms with Crippen molar-refractivity contribution in [3.63, 3.8) is 0 Å². The third-order valence-corrected chi connectivity index (χ3v) is 3.02. The largest absolute Gasteiger partial charge is 0.480 e. The van der Waals surface area contributed by atoms with Crippen molar-refractivity contribution in [3.05, 3.63) is 35.4 Å². The number of nitrogens with zero attached hydrogens (tertiary/aromatic N) is 1. The maximum atomic E-state index is 13.5. The van der Waals surface area contributed by atoms with E-state index in [1.165, 1.54) is 0 Å². The number of halogens is 2. The van der Waals surface area contributed by atoms with Crippen molar-refractivity contribution in [1.29, 1.82) is 0 Å². The second-order valence-electron chi connectivity index (χ2n) is 4.26. The molecule has 1 aliphatic heterocycles. The number of benzene rings is 1. The van der Waals surface area contributed by atoms with E-state index in [2.05, 4.69) is 5.32 Å². The second kappa shape index (κ2) is 5.41. The maximum Gasteiger partial charge on any atom is 0.322 e. The summed E-state index contributed by atoms with van der Waals surface area (Å²) in [6.07, 6.45) is 0. The van der Waals surface area contributed by atoms with Gasteiger partial charge < -0.3 is 10.4 Å². The highest BCUT2D eigenvalue weighted by molar-refractivity contribution is 5.74. The van der Waals surface area contributed by atoms with Gasteiger partial charge in [0.1, 0.15) is 17.7 Å². The van der Waals surface area contributed by atoms with Crippen LogP contribution < -0.4 is 5.32 Å². The van der Waals surface area contributed by atoms with Crippen LogP contribution in [-0.2, 0) is 11.3 Å². The molecule has 1 unspecified atom stereocenters. The van der Waals surface area contributed by atoms with Crippen molar-refractivity contribution >= 4 is 5.97 Å². The third kappa shape index (κ3) is 2.83. The van der Waals surface area contributed by atoms with E-state index in [1.54, 1.807) is 4.90 Å². The zero-order chi connectivity index (χ0) is 13.1. The van der Waals surface area contributed by atoms with E-state index in [9.17, 15) is 13.6 Å². The molecule has 0 radical (unpaired) electrons. The first-order valence-electron chi connectivity index (χ1n) is 5.69. The first kappa shape index (κ1) is 12.9. The number of carbonyl (C=O) groups is 1. The Morgan fingerprint density at radius 3 is 3.00 bits per heavy atom. The van der Waals surface area contributed by atoms with Gasteiger partial charge in [-0.25, -0.2) is 8.78 Å². The molecule has 98 valence electrons. The molecule has 0 amide bonds. The summed E-state index contributed by atoms with van der Waals surface area (Å²) >= 11 is 0. The molecule has 0 saturated carbocycles. The van der Waals surface area contributed by atoms with Gasteiger partial charge in [-0.05, 0) is 18.2 Å². The van der Waals surface area contributed by atoms with Crippen molar-refractivity contribution in [2.24, 2.45) is 0 Å². The lowest BCUT2D eigenvalue weighted by Crippen LogP contribution is -2.54. The summed E-state index contributed by atoms with van der Waals surface area (Å²) in [5, 5.41) is 12.0. The van der Waals surface area contributed by atoms with Crippen LogP contribution in [0.2, 0.25) is 0 Å². The summed E-state index contributed by atoms with van der Waals surface area (Å²) in [6.45, 7) is 1.54. The summed E-state index contributed by atoms with van der Waals surface area (Å²) in [7, 11) is 0. The summed E-state index contributed by atoms with van der Waals surface area (Å²) in [4.78, 5) is 12.7. The van der Waals surface area contributed by atoms with Gasteiger partial charge in [-0.15, -0.1) is 0 Å². The molecule has 1 saturated heterocycles. The van der Waals surface area contributed by atoms with Gasteiger partial charge in [-0.1, -0.05) is 0 Å². The number of nitrogens with one attached hydrogen (secondary N) is 1. The lowest BCUT2D eigenvalue weighted by atomic mass is 10.1. The zero-order valence-corrected chi connectivity index (χ0v) is 9.70. The Hall–Kier alpha value is -1.53. The summed E-state index contributed by atoms with van der Waals surface area (Å²) in [5.41, 5.74) is 0.183. The molecular weight excluding hydrogens is 242 g/mol. The first-order valence-corrected chi connectivity index (χ1v) is 5.69. The molecule has 0 bridgehead atoms. The van der Waals surface area contributed by atoms with Crippen molar-refractivity contribution in [1.82, 2.24) is 10.2 Å². The fourth-order valence-electron chi connectivity index (χ4n) is 2.06. The lowest BCUT2D eigenvalue weighted by molar-refractivity contribution is -0.144. The van der Waals surface area contributed by atoms with Crippen molar-refractivity contribution in [2.75, 3.05) is 19.6 Å². The van der Waals surface area contributed by atoms with Gasteiger partial charge in [0.05, 0.1) is 0 Å². The van der Waals surface area contributed by atoms with E-state index in [0.29, 0.717) is 19.6 Å². The van der Waals surface area contributed by atoms with Crippen LogP contribution in [0.4, 0.5) is 8.78 Å². The highest BCUT2D eigenvalue weighted by Gasteiger charge is 2.28. The fraction of sp³-hybridized carbons (Fsp3) is 0.417. The molecule has 1 atom stereocenters. The molecule has 1 fully saturated rings. The van der Waals surface area contributed by atoms with Crippen molar-refractivity contribution in [3.8, 4) is 0 Å². The number of carboxylic acids is 1. The number of aliphatic carboxylic acids is 1. The molecule has 1 aromatic carbocycles. The predicted octanol–water partition coefficient (Wildman–Crippen LogP) is 0.823. The number of hydrogen-bond acceptors (Lipinski definition) is 3. The Morgan fingerprint density at radius 1 is 1.50 bits per heavy atom. The monoisotopic (exact) mass is 256 g/mol. The number of rotatable bonds is 3. The Labute approximate surface area is 103 Å². The molecule has 4 nitrogen and oxygen atoms in total. The highest BCUT2D eigenvalue weighted by Crippen LogP contribution is 2.15. The van der Waals surface area contributed by atoms with Crippen LogP contribution in [0.15, 0.2) is 18.2 Å². The topological polar surface area (TPSA) is 52.6 Å². The van der Waals surface area contributed by atoms with Crippen LogP contribution in [-0.4, -0.2) is 41.7 Å². The molecule has 2 N–H and O–H groups in total. The summed E-state index contributed by atoms with van der Waals surface area (Å²) < 4.78 is 26.5. The van der Waals surface area contributed by atoms with E-state index in [-0.39, 0.29) is 12.1 Å². The van der Waals surface area contributed by atoms with Gasteiger partial charge in [0.25, 0.3) is 0 Å². The minimum atomic E-state index is -0.959. The van der Waals surface area contributed by atoms with Gasteiger partial charge in [-0.3, -0.25) is 9.69 Å². The number of hydrogen-bond donors (Lipinski definition) is 2. The average Bonchev–Trinajstić information content (AvgIpc) is 2.34. The number of carboxylic acid groups (broad SMARTS) is 1. The minimum absolute atomic E-state index is 0.0994. The van der Waals surface area contributed by atoms with Crippen LogP contribution in [0.1, 0.15) is 5.56 Å². The van der Waals surface area contributed by atoms with Gasteiger partial charge in [-0.2, -0.15) is 0 Å². The molecule has 1 aromatic rings. The predicted molar refractivity (Wildman–Crippen MR) is 61.1 cm³/mol. The standard InChI is InChI=1S/C12H14F2N2O2/c13-9-1-2-10(14)8(5-9)7-16-4-3-15-6-11(16)12(17)18/h1-2,5,11,15H,3-4,6-7H2,(H,17,18). The number of piperazine rings is 1. The average molecular weight is 256 g/mol. The molecule has 0 aromatic heterocycles. The Bertz CT molecular complexity index is 454.